The molecule has 2 saturated carbocycles. The van der Waals surface area contributed by atoms with Crippen molar-refractivity contribution >= 4 is 15.8 Å². The van der Waals surface area contributed by atoms with E-state index < -0.39 is 27.3 Å². The Morgan fingerprint density at radius 1 is 1.18 bits per heavy atom. The summed E-state index contributed by atoms with van der Waals surface area (Å²) in [7, 11) is -3.67. The zero-order valence-corrected chi connectivity index (χ0v) is 27.0. The highest BCUT2D eigenvalue weighted by atomic mass is 32.2. The van der Waals surface area contributed by atoms with E-state index in [0.717, 1.165) is 38.4 Å². The molecule has 2 aromatic rings. The van der Waals surface area contributed by atoms with Crippen molar-refractivity contribution in [2.24, 2.45) is 5.92 Å². The molecule has 0 radical (unpaired) electrons. The SMILES string of the molecule is CCc1c(F)cccc1-c1cc(C(C)(C)C(O)NS(C)(=O)=O)ccc1O[C@@H]1CC[C@@H](CC(=O)[C@]2(F)CNC3(CCCC3)C2)C1. The fourth-order valence-corrected chi connectivity index (χ4v) is 8.16. The van der Waals surface area contributed by atoms with Crippen LogP contribution < -0.4 is 14.8 Å². The van der Waals surface area contributed by atoms with Crippen molar-refractivity contribution in [1.29, 1.82) is 0 Å². The lowest BCUT2D eigenvalue weighted by Gasteiger charge is -2.32. The summed E-state index contributed by atoms with van der Waals surface area (Å²) in [5, 5.41) is 14.1. The van der Waals surface area contributed by atoms with Crippen LogP contribution in [0.2, 0.25) is 0 Å². The Bertz CT molecular complexity index is 1490. The van der Waals surface area contributed by atoms with Crippen molar-refractivity contribution in [1.82, 2.24) is 10.0 Å². The smallest absolute Gasteiger partial charge is 0.210 e. The Hall–Kier alpha value is -2.40. The Kier molecular flexibility index (Phi) is 9.31. The minimum absolute atomic E-state index is 0.0273. The Morgan fingerprint density at radius 3 is 2.59 bits per heavy atom. The lowest BCUT2D eigenvalue weighted by molar-refractivity contribution is -0.130. The summed E-state index contributed by atoms with van der Waals surface area (Å²) in [5.74, 6) is -0.0721. The Balaban J connectivity index is 1.36. The summed E-state index contributed by atoms with van der Waals surface area (Å²) in [6.07, 6.45) is 6.42. The second kappa shape index (κ2) is 12.4. The van der Waals surface area contributed by atoms with Crippen LogP contribution in [-0.2, 0) is 26.7 Å². The lowest BCUT2D eigenvalue weighted by atomic mass is 9.81. The molecule has 1 aliphatic heterocycles. The van der Waals surface area contributed by atoms with Gasteiger partial charge in [-0.15, -0.1) is 0 Å². The number of hydrogen-bond acceptors (Lipinski definition) is 6. The zero-order chi connectivity index (χ0) is 31.9. The first-order valence-electron chi connectivity index (χ1n) is 15.9. The second-order valence-electron chi connectivity index (χ2n) is 13.9. The Labute approximate surface area is 260 Å². The molecule has 10 heteroatoms. The number of halogens is 2. The van der Waals surface area contributed by atoms with Crippen LogP contribution in [0, 0.1) is 11.7 Å². The quantitative estimate of drug-likeness (QED) is 0.274. The summed E-state index contributed by atoms with van der Waals surface area (Å²) in [4.78, 5) is 13.2. The summed E-state index contributed by atoms with van der Waals surface area (Å²) in [6, 6.07) is 10.3. The third-order valence-electron chi connectivity index (χ3n) is 10.2. The normalized spacial score (nSPS) is 25.9. The van der Waals surface area contributed by atoms with Crippen LogP contribution in [0.3, 0.4) is 0 Å². The molecule has 242 valence electrons. The summed E-state index contributed by atoms with van der Waals surface area (Å²) < 4.78 is 63.2. The summed E-state index contributed by atoms with van der Waals surface area (Å²) >= 11 is 0. The predicted octanol–water partition coefficient (Wildman–Crippen LogP) is 5.72. The number of aliphatic hydroxyl groups is 1. The van der Waals surface area contributed by atoms with E-state index in [1.807, 2.05) is 19.1 Å². The number of rotatable bonds is 11. The molecule has 1 heterocycles. The monoisotopic (exact) mass is 632 g/mol. The molecule has 4 atom stereocenters. The van der Waals surface area contributed by atoms with Crippen LogP contribution >= 0.6 is 0 Å². The van der Waals surface area contributed by atoms with Crippen molar-refractivity contribution in [3.05, 3.63) is 53.3 Å². The van der Waals surface area contributed by atoms with Crippen LogP contribution in [0.15, 0.2) is 36.4 Å². The van der Waals surface area contributed by atoms with Crippen molar-refractivity contribution in [3.63, 3.8) is 0 Å². The number of benzene rings is 2. The third-order valence-corrected chi connectivity index (χ3v) is 10.8. The zero-order valence-electron chi connectivity index (χ0n) is 26.2. The molecule has 0 bridgehead atoms. The summed E-state index contributed by atoms with van der Waals surface area (Å²) in [6.45, 7) is 5.44. The highest BCUT2D eigenvalue weighted by Crippen LogP contribution is 2.45. The maximum Gasteiger partial charge on any atom is 0.210 e. The van der Waals surface area contributed by atoms with Gasteiger partial charge in [-0.1, -0.05) is 51.8 Å². The molecule has 0 amide bonds. The molecule has 2 aliphatic carbocycles. The van der Waals surface area contributed by atoms with E-state index in [9.17, 15) is 22.7 Å². The van der Waals surface area contributed by atoms with Crippen molar-refractivity contribution in [2.45, 2.75) is 114 Å². The van der Waals surface area contributed by atoms with E-state index in [1.165, 1.54) is 6.07 Å². The van der Waals surface area contributed by atoms with Crippen molar-refractivity contribution < 1.29 is 31.8 Å². The van der Waals surface area contributed by atoms with Crippen molar-refractivity contribution in [3.8, 4) is 16.9 Å². The van der Waals surface area contributed by atoms with Crippen LogP contribution in [0.1, 0.15) is 89.7 Å². The van der Waals surface area contributed by atoms with Gasteiger partial charge in [-0.05, 0) is 79.3 Å². The van der Waals surface area contributed by atoms with Gasteiger partial charge in [0.15, 0.2) is 11.5 Å². The molecule has 3 N–H and O–H groups in total. The number of ketones is 1. The van der Waals surface area contributed by atoms with Gasteiger partial charge in [0.2, 0.25) is 10.0 Å². The molecule has 2 aromatic carbocycles. The van der Waals surface area contributed by atoms with Gasteiger partial charge in [-0.25, -0.2) is 17.2 Å². The number of alkyl halides is 1. The first-order chi connectivity index (χ1) is 20.6. The molecule has 5 rings (SSSR count). The lowest BCUT2D eigenvalue weighted by Crippen LogP contribution is -2.47. The molecule has 1 spiro atoms. The fourth-order valence-electron chi connectivity index (χ4n) is 7.46. The van der Waals surface area contributed by atoms with Crippen LogP contribution in [0.5, 0.6) is 5.75 Å². The van der Waals surface area contributed by atoms with Gasteiger partial charge in [-0.2, -0.15) is 4.72 Å². The first-order valence-corrected chi connectivity index (χ1v) is 17.8. The van der Waals surface area contributed by atoms with E-state index in [4.69, 9.17) is 4.74 Å². The summed E-state index contributed by atoms with van der Waals surface area (Å²) in [5.41, 5.74) is -0.580. The minimum atomic E-state index is -3.67. The van der Waals surface area contributed by atoms with E-state index in [0.29, 0.717) is 47.3 Å². The van der Waals surface area contributed by atoms with E-state index in [1.54, 1.807) is 32.0 Å². The van der Waals surface area contributed by atoms with Gasteiger partial charge in [0.1, 0.15) is 17.8 Å². The maximum absolute atomic E-state index is 15.8. The number of ether oxygens (including phenoxy) is 1. The average Bonchev–Trinajstić information content (AvgIpc) is 3.69. The number of sulfonamides is 1. The molecular weight excluding hydrogens is 586 g/mol. The van der Waals surface area contributed by atoms with Crippen LogP contribution in [-0.4, -0.2) is 55.6 Å². The topological polar surface area (TPSA) is 105 Å². The standard InChI is InChI=1S/C34H46F2N2O5S/c1-5-25-26(9-8-10-28(25)35)27-19-23(32(2,3)31(40)38-44(4,41)42)12-14-29(27)43-24-13-11-22(17-24)18-30(39)34(36)20-33(37-21-34)15-6-7-16-33/h8-10,12,14,19,22,24,31,37-38,40H,5-7,11,13,15-18,20-21H2,1-4H3/t22-,24-,31?,34-/m1/s1. The van der Waals surface area contributed by atoms with Gasteiger partial charge in [0.25, 0.3) is 0 Å². The van der Waals surface area contributed by atoms with Gasteiger partial charge >= 0.3 is 0 Å². The minimum Gasteiger partial charge on any atom is -0.490 e. The molecule has 3 aliphatic rings. The Morgan fingerprint density at radius 2 is 1.91 bits per heavy atom. The van der Waals surface area contributed by atoms with Gasteiger partial charge < -0.3 is 15.2 Å². The predicted molar refractivity (Wildman–Crippen MR) is 167 cm³/mol. The molecule has 44 heavy (non-hydrogen) atoms. The number of carbonyl (C=O) groups is 1. The number of Topliss-reactive ketones (excluding diaryl/α,β-unsaturated/α-hetero) is 1. The molecule has 7 nitrogen and oxygen atoms in total. The van der Waals surface area contributed by atoms with Crippen LogP contribution in [0.4, 0.5) is 8.78 Å². The largest absolute Gasteiger partial charge is 0.490 e. The van der Waals surface area contributed by atoms with Crippen molar-refractivity contribution in [2.75, 3.05) is 12.8 Å². The highest BCUT2D eigenvalue weighted by molar-refractivity contribution is 7.88. The number of hydrogen-bond donors (Lipinski definition) is 3. The molecule has 1 unspecified atom stereocenters. The van der Waals surface area contributed by atoms with E-state index in [2.05, 4.69) is 10.0 Å². The molecule has 0 aromatic heterocycles. The molecular formula is C34H46F2N2O5S. The average molecular weight is 633 g/mol. The van der Waals surface area contributed by atoms with E-state index >= 15 is 4.39 Å². The number of carbonyl (C=O) groups excluding carboxylic acids is 1. The maximum atomic E-state index is 15.8. The number of aliphatic hydroxyl groups excluding tert-OH is 1. The second-order valence-corrected chi connectivity index (χ2v) is 15.7. The van der Waals surface area contributed by atoms with Gasteiger partial charge in [-0.3, -0.25) is 4.79 Å². The molecule has 1 saturated heterocycles. The van der Waals surface area contributed by atoms with Gasteiger partial charge in [0, 0.05) is 35.9 Å². The number of nitrogens with one attached hydrogen (secondary N) is 2. The first kappa shape index (κ1) is 33.0. The highest BCUT2D eigenvalue weighted by Gasteiger charge is 2.53. The van der Waals surface area contributed by atoms with Gasteiger partial charge in [0.05, 0.1) is 12.4 Å². The molecule has 3 fully saturated rings. The fraction of sp³-hybridized carbons (Fsp3) is 0.618. The van der Waals surface area contributed by atoms with E-state index in [-0.39, 0.29) is 48.5 Å². The third kappa shape index (κ3) is 6.88. The van der Waals surface area contributed by atoms with Crippen LogP contribution in [0.25, 0.3) is 11.1 Å².